The van der Waals surface area contributed by atoms with Crippen molar-refractivity contribution in [3.05, 3.63) is 54.1 Å². The van der Waals surface area contributed by atoms with Crippen molar-refractivity contribution in [3.63, 3.8) is 0 Å². The van der Waals surface area contributed by atoms with E-state index in [0.717, 1.165) is 4.90 Å². The Bertz CT molecular complexity index is 828. The number of likely N-dealkylation sites (N-methyl/N-ethyl adjacent to an activating group) is 1. The molecule has 0 radical (unpaired) electrons. The molecule has 0 aliphatic rings. The minimum atomic E-state index is -0.193. The van der Waals surface area contributed by atoms with Gasteiger partial charge in [-0.05, 0) is 43.3 Å². The lowest BCUT2D eigenvalue weighted by Crippen LogP contribution is -3.13. The number of rotatable bonds is 8. The molecule has 140 valence electrons. The molecule has 2 aromatic carbocycles. The van der Waals surface area contributed by atoms with E-state index >= 15 is 0 Å². The van der Waals surface area contributed by atoms with Gasteiger partial charge in [-0.25, -0.2) is 0 Å². The number of ether oxygens (including phenoxy) is 1. The first kappa shape index (κ1) is 19.9. The molecule has 0 aliphatic heterocycles. The van der Waals surface area contributed by atoms with Gasteiger partial charge in [0.1, 0.15) is 5.75 Å². The maximum Gasteiger partial charge on any atom is 0.279 e. The van der Waals surface area contributed by atoms with Crippen LogP contribution in [0.1, 0.15) is 12.5 Å². The molecule has 1 atom stereocenters. The average Bonchev–Trinajstić information content (AvgIpc) is 2.68. The molecule has 2 rings (SSSR count). The predicted octanol–water partition coefficient (Wildman–Crippen LogP) is 1.05. The molecule has 0 saturated heterocycles. The minimum Gasteiger partial charge on any atom is -0.495 e. The zero-order chi connectivity index (χ0) is 19.6. The topological polar surface area (TPSA) is 95.7 Å². The van der Waals surface area contributed by atoms with Gasteiger partial charge in [0.25, 0.3) is 11.8 Å². The van der Waals surface area contributed by atoms with Crippen LogP contribution in [0.25, 0.3) is 0 Å². The predicted molar refractivity (Wildman–Crippen MR) is 103 cm³/mol. The van der Waals surface area contributed by atoms with Gasteiger partial charge < -0.3 is 20.3 Å². The number of amides is 2. The number of para-hydroxylation sites is 2. The number of benzene rings is 2. The summed E-state index contributed by atoms with van der Waals surface area (Å²) in [6.07, 6.45) is 0. The zero-order valence-electron chi connectivity index (χ0n) is 15.4. The lowest BCUT2D eigenvalue weighted by Gasteiger charge is -2.17. The molecular weight excluding hydrogens is 344 g/mol. The number of carbonyl (C=O) groups is 2. The van der Waals surface area contributed by atoms with E-state index in [1.165, 1.54) is 0 Å². The van der Waals surface area contributed by atoms with E-state index in [0.29, 0.717) is 29.2 Å². The van der Waals surface area contributed by atoms with Crippen LogP contribution in [0.3, 0.4) is 0 Å². The highest BCUT2D eigenvalue weighted by molar-refractivity contribution is 5.94. The Morgan fingerprint density at radius 1 is 1.04 bits per heavy atom. The average molecular weight is 367 g/mol. The first-order chi connectivity index (χ1) is 13.0. The van der Waals surface area contributed by atoms with Gasteiger partial charge in [0.15, 0.2) is 13.1 Å². The maximum absolute atomic E-state index is 12.3. The van der Waals surface area contributed by atoms with Gasteiger partial charge in [-0.3, -0.25) is 9.59 Å². The molecule has 0 fully saturated rings. The van der Waals surface area contributed by atoms with Gasteiger partial charge >= 0.3 is 0 Å². The van der Waals surface area contributed by atoms with Gasteiger partial charge in [-0.1, -0.05) is 12.1 Å². The smallest absolute Gasteiger partial charge is 0.279 e. The van der Waals surface area contributed by atoms with E-state index in [1.807, 2.05) is 25.1 Å². The summed E-state index contributed by atoms with van der Waals surface area (Å²) in [6.45, 7) is 2.87. The van der Waals surface area contributed by atoms with E-state index in [9.17, 15) is 9.59 Å². The van der Waals surface area contributed by atoms with Crippen molar-refractivity contribution in [3.8, 4) is 11.8 Å². The Morgan fingerprint density at radius 2 is 1.67 bits per heavy atom. The molecule has 1 unspecified atom stereocenters. The molecule has 0 aromatic heterocycles. The van der Waals surface area contributed by atoms with Crippen molar-refractivity contribution in [1.29, 1.82) is 5.26 Å². The number of quaternary nitrogens is 1. The van der Waals surface area contributed by atoms with Crippen LogP contribution in [0, 0.1) is 11.3 Å². The number of nitriles is 1. The Morgan fingerprint density at radius 3 is 2.26 bits per heavy atom. The van der Waals surface area contributed by atoms with Crippen LogP contribution in [0.2, 0.25) is 0 Å². The minimum absolute atomic E-state index is 0.162. The normalized spacial score (nSPS) is 11.1. The highest BCUT2D eigenvalue weighted by atomic mass is 16.5. The molecule has 0 saturated carbocycles. The van der Waals surface area contributed by atoms with Crippen molar-refractivity contribution in [2.75, 3.05) is 37.4 Å². The van der Waals surface area contributed by atoms with Crippen LogP contribution in [0.5, 0.6) is 5.75 Å². The molecular formula is C20H23N4O3+. The monoisotopic (exact) mass is 367 g/mol. The van der Waals surface area contributed by atoms with Crippen LogP contribution in [-0.2, 0) is 9.59 Å². The highest BCUT2D eigenvalue weighted by Gasteiger charge is 2.17. The number of hydrogen-bond donors (Lipinski definition) is 3. The van der Waals surface area contributed by atoms with E-state index in [2.05, 4.69) is 10.6 Å². The molecule has 0 aliphatic carbocycles. The fourth-order valence-electron chi connectivity index (χ4n) is 2.54. The Labute approximate surface area is 158 Å². The van der Waals surface area contributed by atoms with Gasteiger partial charge in [0.05, 0.1) is 31.0 Å². The van der Waals surface area contributed by atoms with Crippen molar-refractivity contribution in [2.45, 2.75) is 6.92 Å². The number of nitrogens with one attached hydrogen (secondary N) is 3. The number of nitrogens with zero attached hydrogens (tertiary/aromatic N) is 1. The SMILES string of the molecule is CC[NH+](CC(=O)Nc1ccc(C#N)cc1)CC(=O)Nc1ccccc1OC. The first-order valence-corrected chi connectivity index (χ1v) is 8.62. The summed E-state index contributed by atoms with van der Waals surface area (Å²) in [5.41, 5.74) is 1.75. The molecule has 2 amide bonds. The fraction of sp³-hybridized carbons (Fsp3) is 0.250. The summed E-state index contributed by atoms with van der Waals surface area (Å²) in [7, 11) is 1.54. The standard InChI is InChI=1S/C20H22N4O3/c1-3-24(13-19(25)22-16-10-8-15(12-21)9-11-16)14-20(26)23-17-6-4-5-7-18(17)27-2/h4-11H,3,13-14H2,1-2H3,(H,22,25)(H,23,26)/p+1. The summed E-state index contributed by atoms with van der Waals surface area (Å²) < 4.78 is 5.22. The molecule has 0 bridgehead atoms. The lowest BCUT2D eigenvalue weighted by molar-refractivity contribution is -0.881. The summed E-state index contributed by atoms with van der Waals surface area (Å²) in [4.78, 5) is 25.4. The first-order valence-electron chi connectivity index (χ1n) is 8.62. The van der Waals surface area contributed by atoms with Gasteiger partial charge in [0, 0.05) is 5.69 Å². The van der Waals surface area contributed by atoms with Gasteiger partial charge in [0.2, 0.25) is 0 Å². The quantitative estimate of drug-likeness (QED) is 0.650. The van der Waals surface area contributed by atoms with Crippen molar-refractivity contribution >= 4 is 23.2 Å². The number of carbonyl (C=O) groups excluding carboxylic acids is 2. The van der Waals surface area contributed by atoms with Crippen LogP contribution < -0.4 is 20.3 Å². The Kier molecular flexibility index (Phi) is 7.35. The third-order valence-electron chi connectivity index (χ3n) is 4.00. The zero-order valence-corrected chi connectivity index (χ0v) is 15.4. The molecule has 7 heteroatoms. The van der Waals surface area contributed by atoms with Crippen molar-refractivity contribution in [2.24, 2.45) is 0 Å². The molecule has 7 nitrogen and oxygen atoms in total. The second-order valence-corrected chi connectivity index (χ2v) is 5.94. The van der Waals surface area contributed by atoms with E-state index in [4.69, 9.17) is 10.00 Å². The largest absolute Gasteiger partial charge is 0.495 e. The van der Waals surface area contributed by atoms with Gasteiger partial charge in [-0.15, -0.1) is 0 Å². The fourth-order valence-corrected chi connectivity index (χ4v) is 2.54. The van der Waals surface area contributed by atoms with E-state index in [-0.39, 0.29) is 24.9 Å². The van der Waals surface area contributed by atoms with E-state index < -0.39 is 0 Å². The Balaban J connectivity index is 1.89. The maximum atomic E-state index is 12.3. The third kappa shape index (κ3) is 6.13. The molecule has 2 aromatic rings. The molecule has 27 heavy (non-hydrogen) atoms. The second kappa shape index (κ2) is 9.94. The summed E-state index contributed by atoms with van der Waals surface area (Å²) in [5.74, 6) is 0.201. The van der Waals surface area contributed by atoms with Crippen LogP contribution in [0.15, 0.2) is 48.5 Å². The number of methoxy groups -OCH3 is 1. The molecule has 3 N–H and O–H groups in total. The van der Waals surface area contributed by atoms with Gasteiger partial charge in [-0.2, -0.15) is 5.26 Å². The number of anilines is 2. The van der Waals surface area contributed by atoms with Crippen LogP contribution in [0.4, 0.5) is 11.4 Å². The number of hydrogen-bond acceptors (Lipinski definition) is 4. The van der Waals surface area contributed by atoms with Crippen molar-refractivity contribution < 1.29 is 19.2 Å². The van der Waals surface area contributed by atoms with E-state index in [1.54, 1.807) is 43.5 Å². The summed E-state index contributed by atoms with van der Waals surface area (Å²) in [6, 6.07) is 15.8. The highest BCUT2D eigenvalue weighted by Crippen LogP contribution is 2.22. The summed E-state index contributed by atoms with van der Waals surface area (Å²) >= 11 is 0. The summed E-state index contributed by atoms with van der Waals surface area (Å²) in [5, 5.41) is 14.4. The third-order valence-corrected chi connectivity index (χ3v) is 4.00. The van der Waals surface area contributed by atoms with Crippen LogP contribution in [-0.4, -0.2) is 38.6 Å². The molecule has 0 spiro atoms. The second-order valence-electron chi connectivity index (χ2n) is 5.94. The Hall–Kier alpha value is -3.37. The van der Waals surface area contributed by atoms with Crippen LogP contribution >= 0.6 is 0 Å². The van der Waals surface area contributed by atoms with Crippen molar-refractivity contribution in [1.82, 2.24) is 0 Å². The lowest BCUT2D eigenvalue weighted by atomic mass is 10.2. The molecule has 0 heterocycles.